The smallest absolute Gasteiger partial charge is 0.257 e. The summed E-state index contributed by atoms with van der Waals surface area (Å²) in [6.45, 7) is 6.60. The summed E-state index contributed by atoms with van der Waals surface area (Å²) in [6, 6.07) is 18.1. The Hall–Kier alpha value is -3.46. The van der Waals surface area contributed by atoms with Gasteiger partial charge >= 0.3 is 0 Å². The number of hydrogen-bond donors (Lipinski definition) is 2. The van der Waals surface area contributed by atoms with E-state index in [2.05, 4.69) is 26.5 Å². The topological polar surface area (TPSA) is 83.1 Å². The molecule has 1 heterocycles. The van der Waals surface area contributed by atoms with Crippen molar-refractivity contribution in [1.29, 1.82) is 0 Å². The summed E-state index contributed by atoms with van der Waals surface area (Å²) >= 11 is 12.2. The zero-order chi connectivity index (χ0) is 28.5. The van der Waals surface area contributed by atoms with Crippen molar-refractivity contribution >= 4 is 52.1 Å². The lowest BCUT2D eigenvalue weighted by Crippen LogP contribution is -2.47. The van der Waals surface area contributed by atoms with Gasteiger partial charge in [-0.2, -0.15) is 0 Å². The molecule has 1 aliphatic rings. The van der Waals surface area contributed by atoms with Crippen LogP contribution in [0, 0.1) is 0 Å². The predicted molar refractivity (Wildman–Crippen MR) is 162 cm³/mol. The Kier molecular flexibility index (Phi) is 10.5. The molecular formula is C30H34Cl2N4O4. The summed E-state index contributed by atoms with van der Waals surface area (Å²) < 4.78 is 10.9. The van der Waals surface area contributed by atoms with Crippen molar-refractivity contribution < 1.29 is 19.1 Å². The third-order valence-electron chi connectivity index (χ3n) is 6.68. The van der Waals surface area contributed by atoms with Crippen molar-refractivity contribution in [3.05, 3.63) is 81.8 Å². The van der Waals surface area contributed by atoms with Crippen LogP contribution in [0.15, 0.2) is 60.7 Å². The number of carbonyl (C=O) groups is 2. The van der Waals surface area contributed by atoms with Gasteiger partial charge in [-0.25, -0.2) is 0 Å². The number of anilines is 3. The molecule has 4 rings (SSSR count). The fourth-order valence-corrected chi connectivity index (χ4v) is 5.13. The molecule has 212 valence electrons. The highest BCUT2D eigenvalue weighted by Crippen LogP contribution is 2.31. The van der Waals surface area contributed by atoms with Gasteiger partial charge in [-0.05, 0) is 61.9 Å². The molecule has 2 amide bonds. The van der Waals surface area contributed by atoms with Crippen molar-refractivity contribution in [3.63, 3.8) is 0 Å². The molecular weight excluding hydrogens is 551 g/mol. The molecule has 0 unspecified atom stereocenters. The van der Waals surface area contributed by atoms with Crippen LogP contribution in [0.2, 0.25) is 10.0 Å². The maximum atomic E-state index is 13.4. The van der Waals surface area contributed by atoms with Crippen LogP contribution >= 0.6 is 23.2 Å². The summed E-state index contributed by atoms with van der Waals surface area (Å²) in [5.74, 6) is 0.242. The monoisotopic (exact) mass is 584 g/mol. The first-order chi connectivity index (χ1) is 19.4. The average Bonchev–Trinajstić information content (AvgIpc) is 2.97. The molecule has 3 aromatic carbocycles. The van der Waals surface area contributed by atoms with E-state index < -0.39 is 0 Å². The molecule has 0 atom stereocenters. The number of nitrogens with one attached hydrogen (secondary N) is 2. The van der Waals surface area contributed by atoms with E-state index in [-0.39, 0.29) is 16.8 Å². The number of rotatable bonds is 11. The average molecular weight is 586 g/mol. The van der Waals surface area contributed by atoms with Gasteiger partial charge in [0.05, 0.1) is 28.9 Å². The lowest BCUT2D eigenvalue weighted by atomic mass is 10.1. The second-order valence-electron chi connectivity index (χ2n) is 9.26. The van der Waals surface area contributed by atoms with Crippen LogP contribution in [0.3, 0.4) is 0 Å². The maximum absolute atomic E-state index is 13.4. The minimum absolute atomic E-state index is 0.209. The lowest BCUT2D eigenvalue weighted by Gasteiger charge is -2.38. The Morgan fingerprint density at radius 2 is 1.60 bits per heavy atom. The Morgan fingerprint density at radius 1 is 0.875 bits per heavy atom. The van der Waals surface area contributed by atoms with E-state index in [0.29, 0.717) is 48.0 Å². The van der Waals surface area contributed by atoms with Crippen LogP contribution < -0.4 is 25.2 Å². The Morgan fingerprint density at radius 3 is 2.30 bits per heavy atom. The number of nitrogens with zero attached hydrogens (tertiary/aromatic N) is 2. The second-order valence-corrected chi connectivity index (χ2v) is 10.1. The fraction of sp³-hybridized carbons (Fsp3) is 0.333. The van der Waals surface area contributed by atoms with Crippen LogP contribution in [0.5, 0.6) is 5.75 Å². The van der Waals surface area contributed by atoms with E-state index in [1.165, 1.54) is 6.07 Å². The van der Waals surface area contributed by atoms with E-state index in [9.17, 15) is 9.59 Å². The molecule has 0 bridgehead atoms. The molecule has 40 heavy (non-hydrogen) atoms. The molecule has 1 fully saturated rings. The Bertz CT molecular complexity index is 1330. The molecule has 1 aliphatic heterocycles. The summed E-state index contributed by atoms with van der Waals surface area (Å²) in [5.41, 5.74) is 3.14. The van der Waals surface area contributed by atoms with Gasteiger partial charge in [0.15, 0.2) is 0 Å². The first-order valence-electron chi connectivity index (χ1n) is 13.3. The number of piperazine rings is 1. The highest BCUT2D eigenvalue weighted by Gasteiger charge is 2.24. The van der Waals surface area contributed by atoms with Gasteiger partial charge in [-0.3, -0.25) is 9.59 Å². The van der Waals surface area contributed by atoms with Crippen molar-refractivity contribution in [3.8, 4) is 5.75 Å². The number of halogens is 2. The molecule has 0 saturated carbocycles. The maximum Gasteiger partial charge on any atom is 0.257 e. The number of hydrogen-bond acceptors (Lipinski definition) is 6. The largest absolute Gasteiger partial charge is 0.495 e. The number of ether oxygens (including phenoxy) is 2. The molecule has 0 aliphatic carbocycles. The highest BCUT2D eigenvalue weighted by atomic mass is 35.5. The Balaban J connectivity index is 1.52. The number of methoxy groups -OCH3 is 1. The summed E-state index contributed by atoms with van der Waals surface area (Å²) in [7, 11) is 1.68. The van der Waals surface area contributed by atoms with Crippen LogP contribution in [-0.4, -0.2) is 64.9 Å². The number of benzene rings is 3. The van der Waals surface area contributed by atoms with Gasteiger partial charge in [0, 0.05) is 62.3 Å². The first kappa shape index (κ1) is 29.5. The number of para-hydroxylation sites is 2. The molecule has 0 radical (unpaired) electrons. The van der Waals surface area contributed by atoms with Gasteiger partial charge in [-0.15, -0.1) is 0 Å². The molecule has 2 N–H and O–H groups in total. The van der Waals surface area contributed by atoms with Gasteiger partial charge in [0.1, 0.15) is 5.75 Å². The lowest BCUT2D eigenvalue weighted by molar-refractivity contribution is 0.0943. The van der Waals surface area contributed by atoms with Crippen LogP contribution in [0.4, 0.5) is 17.1 Å². The van der Waals surface area contributed by atoms with Crippen molar-refractivity contribution in [2.75, 3.05) is 68.2 Å². The standard InChI is InChI=1S/C30H34Cl2N4O4/c1-3-40-18-6-13-33-29(37)24-20-22(34-30(38)23-11-9-21(31)19-25(23)32)10-12-26(24)35-14-16-36(17-15-35)27-7-4-5-8-28(27)39-2/h4-5,7-12,19-20H,3,6,13-18H2,1-2H3,(H,33,37)(H,34,38). The fourth-order valence-electron chi connectivity index (χ4n) is 4.64. The van der Waals surface area contributed by atoms with Crippen molar-refractivity contribution in [2.24, 2.45) is 0 Å². The molecule has 8 nitrogen and oxygen atoms in total. The SMILES string of the molecule is CCOCCCNC(=O)c1cc(NC(=O)c2ccc(Cl)cc2Cl)ccc1N1CCN(c2ccccc2OC)CC1. The third-order valence-corrected chi connectivity index (χ3v) is 7.22. The zero-order valence-electron chi connectivity index (χ0n) is 22.7. The van der Waals surface area contributed by atoms with Crippen LogP contribution in [0.25, 0.3) is 0 Å². The van der Waals surface area contributed by atoms with Crippen molar-refractivity contribution in [1.82, 2.24) is 5.32 Å². The normalized spacial score (nSPS) is 13.2. The van der Waals surface area contributed by atoms with Crippen molar-refractivity contribution in [2.45, 2.75) is 13.3 Å². The van der Waals surface area contributed by atoms with E-state index in [1.54, 1.807) is 31.4 Å². The molecule has 3 aromatic rings. The molecule has 0 aromatic heterocycles. The molecule has 10 heteroatoms. The zero-order valence-corrected chi connectivity index (χ0v) is 24.2. The van der Waals surface area contributed by atoms with Gasteiger partial charge in [0.25, 0.3) is 11.8 Å². The molecule has 0 spiro atoms. The quantitative estimate of drug-likeness (QED) is 0.280. The highest BCUT2D eigenvalue weighted by molar-refractivity contribution is 6.37. The van der Waals surface area contributed by atoms with Crippen LogP contribution in [-0.2, 0) is 4.74 Å². The predicted octanol–water partition coefficient (Wildman–Crippen LogP) is 5.74. The summed E-state index contributed by atoms with van der Waals surface area (Å²) in [4.78, 5) is 30.8. The molecule has 1 saturated heterocycles. The van der Waals surface area contributed by atoms with Gasteiger partial charge < -0.3 is 29.9 Å². The summed E-state index contributed by atoms with van der Waals surface area (Å²) in [6.07, 6.45) is 0.706. The van der Waals surface area contributed by atoms with E-state index in [1.807, 2.05) is 31.2 Å². The third kappa shape index (κ3) is 7.38. The van der Waals surface area contributed by atoms with Gasteiger partial charge in [0.2, 0.25) is 0 Å². The Labute approximate surface area is 245 Å². The minimum atomic E-state index is -0.386. The van der Waals surface area contributed by atoms with E-state index in [4.69, 9.17) is 32.7 Å². The van der Waals surface area contributed by atoms with Crippen LogP contribution in [0.1, 0.15) is 34.1 Å². The number of amides is 2. The second kappa shape index (κ2) is 14.3. The first-order valence-corrected chi connectivity index (χ1v) is 14.1. The van der Waals surface area contributed by atoms with E-state index >= 15 is 0 Å². The minimum Gasteiger partial charge on any atom is -0.495 e. The van der Waals surface area contributed by atoms with E-state index in [0.717, 1.165) is 43.3 Å². The summed E-state index contributed by atoms with van der Waals surface area (Å²) in [5, 5.41) is 6.55. The number of carbonyl (C=O) groups excluding carboxylic acids is 2. The van der Waals surface area contributed by atoms with Gasteiger partial charge in [-0.1, -0.05) is 35.3 Å².